The fourth-order valence-electron chi connectivity index (χ4n) is 2.70. The summed E-state index contributed by atoms with van der Waals surface area (Å²) < 4.78 is 3.00. The Morgan fingerprint density at radius 1 is 1.30 bits per heavy atom. The average molecular weight is 389 g/mol. The van der Waals surface area contributed by atoms with Crippen molar-refractivity contribution in [2.45, 2.75) is 26.9 Å². The van der Waals surface area contributed by atoms with Crippen molar-refractivity contribution < 1.29 is 9.72 Å². The Labute approximate surface area is 159 Å². The van der Waals surface area contributed by atoms with Gasteiger partial charge in [-0.15, -0.1) is 0 Å². The molecule has 10 heteroatoms. The van der Waals surface area contributed by atoms with Crippen molar-refractivity contribution in [1.29, 1.82) is 0 Å². The summed E-state index contributed by atoms with van der Waals surface area (Å²) in [6.45, 7) is 4.05. The molecule has 0 spiro atoms. The zero-order chi connectivity index (χ0) is 19.6. The molecule has 1 N–H and O–H groups in total. The van der Waals surface area contributed by atoms with E-state index in [-0.39, 0.29) is 18.3 Å². The van der Waals surface area contributed by atoms with E-state index in [9.17, 15) is 14.9 Å². The van der Waals surface area contributed by atoms with Crippen molar-refractivity contribution in [3.05, 3.63) is 68.6 Å². The maximum absolute atomic E-state index is 12.3. The molecule has 2 aromatic heterocycles. The van der Waals surface area contributed by atoms with E-state index in [1.807, 2.05) is 25.1 Å². The summed E-state index contributed by atoms with van der Waals surface area (Å²) in [6.07, 6.45) is 1.39. The Morgan fingerprint density at radius 2 is 2.07 bits per heavy atom. The molecule has 2 heterocycles. The van der Waals surface area contributed by atoms with Crippen LogP contribution in [-0.4, -0.2) is 30.4 Å². The number of aromatic nitrogens is 4. The van der Waals surface area contributed by atoms with Crippen molar-refractivity contribution in [3.8, 4) is 0 Å². The second-order valence-corrected chi connectivity index (χ2v) is 6.45. The molecule has 27 heavy (non-hydrogen) atoms. The van der Waals surface area contributed by atoms with Crippen LogP contribution >= 0.6 is 11.6 Å². The van der Waals surface area contributed by atoms with Crippen molar-refractivity contribution in [2.24, 2.45) is 0 Å². The molecule has 0 aliphatic heterocycles. The Bertz CT molecular complexity index is 1010. The molecule has 9 nitrogen and oxygen atoms in total. The van der Waals surface area contributed by atoms with Crippen LogP contribution in [0.5, 0.6) is 0 Å². The molecule has 0 saturated carbocycles. The Balaban J connectivity index is 1.72. The van der Waals surface area contributed by atoms with Gasteiger partial charge in [0.05, 0.1) is 41.0 Å². The minimum absolute atomic E-state index is 0.133. The van der Waals surface area contributed by atoms with E-state index >= 15 is 0 Å². The SMILES string of the molecule is Cc1nn(Cc2cccc(Cl)c2)c(C)c1NC(=O)Cn1ccc([N+](=O)[O-])n1. The van der Waals surface area contributed by atoms with Crippen molar-refractivity contribution >= 4 is 29.0 Å². The van der Waals surface area contributed by atoms with Gasteiger partial charge in [-0.2, -0.15) is 9.78 Å². The number of aryl methyl sites for hydroxylation is 1. The van der Waals surface area contributed by atoms with Gasteiger partial charge in [0.15, 0.2) is 0 Å². The molecule has 3 aromatic rings. The quantitative estimate of drug-likeness (QED) is 0.516. The molecule has 0 aliphatic carbocycles. The molecule has 0 aliphatic rings. The second-order valence-electron chi connectivity index (χ2n) is 6.01. The maximum Gasteiger partial charge on any atom is 0.389 e. The summed E-state index contributed by atoms with van der Waals surface area (Å²) in [5, 5.41) is 22.3. The van der Waals surface area contributed by atoms with Crippen LogP contribution in [0.2, 0.25) is 5.02 Å². The van der Waals surface area contributed by atoms with E-state index in [0.717, 1.165) is 11.3 Å². The average Bonchev–Trinajstić information content (AvgIpc) is 3.16. The van der Waals surface area contributed by atoms with Crippen LogP contribution in [0.25, 0.3) is 0 Å². The second kappa shape index (κ2) is 7.58. The Morgan fingerprint density at radius 3 is 2.74 bits per heavy atom. The lowest BCUT2D eigenvalue weighted by molar-refractivity contribution is -0.389. The zero-order valence-corrected chi connectivity index (χ0v) is 15.5. The van der Waals surface area contributed by atoms with Gasteiger partial charge < -0.3 is 15.4 Å². The van der Waals surface area contributed by atoms with Gasteiger partial charge in [0.25, 0.3) is 0 Å². The molecule has 1 aromatic carbocycles. The highest BCUT2D eigenvalue weighted by atomic mass is 35.5. The minimum atomic E-state index is -0.609. The first-order valence-electron chi connectivity index (χ1n) is 8.09. The molecule has 0 unspecified atom stereocenters. The van der Waals surface area contributed by atoms with Gasteiger partial charge >= 0.3 is 5.82 Å². The van der Waals surface area contributed by atoms with Gasteiger partial charge in [-0.25, -0.2) is 0 Å². The van der Waals surface area contributed by atoms with Crippen LogP contribution in [0.4, 0.5) is 11.5 Å². The van der Waals surface area contributed by atoms with E-state index < -0.39 is 4.92 Å². The number of carbonyl (C=O) groups is 1. The summed E-state index contributed by atoms with van der Waals surface area (Å²) in [5.41, 5.74) is 3.08. The molecule has 0 bridgehead atoms. The maximum atomic E-state index is 12.3. The number of anilines is 1. The molecule has 140 valence electrons. The van der Waals surface area contributed by atoms with Gasteiger partial charge in [-0.3, -0.25) is 9.48 Å². The Hall–Kier alpha value is -3.20. The third-order valence-corrected chi connectivity index (χ3v) is 4.22. The number of benzene rings is 1. The van der Waals surface area contributed by atoms with Crippen LogP contribution in [0.15, 0.2) is 36.5 Å². The standard InChI is InChI=1S/C17H17ClN6O3/c1-11-17(19-16(25)10-22-7-6-15(21-22)24(26)27)12(2)23(20-11)9-13-4-3-5-14(18)8-13/h3-8H,9-10H2,1-2H3,(H,19,25). The fourth-order valence-corrected chi connectivity index (χ4v) is 2.92. The van der Waals surface area contributed by atoms with E-state index in [1.54, 1.807) is 17.7 Å². The van der Waals surface area contributed by atoms with Crippen LogP contribution in [0, 0.1) is 24.0 Å². The van der Waals surface area contributed by atoms with Gasteiger partial charge in [0, 0.05) is 5.02 Å². The first-order valence-corrected chi connectivity index (χ1v) is 8.47. The van der Waals surface area contributed by atoms with Crippen molar-refractivity contribution in [2.75, 3.05) is 5.32 Å². The third kappa shape index (κ3) is 4.32. The molecule has 0 radical (unpaired) electrons. The molecule has 0 fully saturated rings. The predicted octanol–water partition coefficient (Wildman–Crippen LogP) is 2.95. The van der Waals surface area contributed by atoms with E-state index in [4.69, 9.17) is 11.6 Å². The van der Waals surface area contributed by atoms with Gasteiger partial charge in [0.2, 0.25) is 5.91 Å². The summed E-state index contributed by atoms with van der Waals surface area (Å²) in [5.74, 6) is -0.647. The summed E-state index contributed by atoms with van der Waals surface area (Å²) in [6, 6.07) is 8.73. The number of rotatable bonds is 6. The molecular formula is C17H17ClN6O3. The third-order valence-electron chi connectivity index (χ3n) is 3.99. The molecule has 3 rings (SSSR count). The smallest absolute Gasteiger partial charge is 0.358 e. The number of nitrogens with zero attached hydrogens (tertiary/aromatic N) is 5. The van der Waals surface area contributed by atoms with Crippen molar-refractivity contribution in [3.63, 3.8) is 0 Å². The first-order chi connectivity index (χ1) is 12.8. The number of halogens is 1. The number of carbonyl (C=O) groups excluding carboxylic acids is 1. The van der Waals surface area contributed by atoms with Crippen molar-refractivity contribution in [1.82, 2.24) is 19.6 Å². The van der Waals surface area contributed by atoms with Crippen LogP contribution in [-0.2, 0) is 17.9 Å². The molecule has 0 atom stereocenters. The minimum Gasteiger partial charge on any atom is -0.358 e. The molecule has 0 saturated heterocycles. The molecular weight excluding hydrogens is 372 g/mol. The van der Waals surface area contributed by atoms with Gasteiger partial charge in [0.1, 0.15) is 6.54 Å². The number of hydrogen-bond donors (Lipinski definition) is 1. The fraction of sp³-hybridized carbons (Fsp3) is 0.235. The lowest BCUT2D eigenvalue weighted by atomic mass is 10.2. The van der Waals surface area contributed by atoms with Gasteiger partial charge in [-0.1, -0.05) is 23.7 Å². The summed E-state index contributed by atoms with van der Waals surface area (Å²) >= 11 is 6.02. The lowest BCUT2D eigenvalue weighted by Gasteiger charge is -2.07. The van der Waals surface area contributed by atoms with E-state index in [2.05, 4.69) is 15.5 Å². The van der Waals surface area contributed by atoms with E-state index in [0.29, 0.717) is 22.9 Å². The number of nitrogens with one attached hydrogen (secondary N) is 1. The van der Waals surface area contributed by atoms with E-state index in [1.165, 1.54) is 16.9 Å². The first kappa shape index (κ1) is 18.6. The zero-order valence-electron chi connectivity index (χ0n) is 14.7. The van der Waals surface area contributed by atoms with Gasteiger partial charge in [-0.05, 0) is 36.5 Å². The number of nitro groups is 1. The highest BCUT2D eigenvalue weighted by Gasteiger charge is 2.17. The number of amides is 1. The Kier molecular flexibility index (Phi) is 5.22. The summed E-state index contributed by atoms with van der Waals surface area (Å²) in [4.78, 5) is 22.3. The predicted molar refractivity (Wildman–Crippen MR) is 99.8 cm³/mol. The van der Waals surface area contributed by atoms with Crippen LogP contribution in [0.1, 0.15) is 17.0 Å². The topological polar surface area (TPSA) is 108 Å². The molecule has 1 amide bonds. The largest absolute Gasteiger partial charge is 0.389 e. The highest BCUT2D eigenvalue weighted by molar-refractivity contribution is 6.30. The normalized spacial score (nSPS) is 10.8. The van der Waals surface area contributed by atoms with Crippen LogP contribution in [0.3, 0.4) is 0 Å². The van der Waals surface area contributed by atoms with Crippen LogP contribution < -0.4 is 5.32 Å². The summed E-state index contributed by atoms with van der Waals surface area (Å²) in [7, 11) is 0. The number of hydrogen-bond acceptors (Lipinski definition) is 5. The monoisotopic (exact) mass is 388 g/mol. The highest BCUT2D eigenvalue weighted by Crippen LogP contribution is 2.21. The lowest BCUT2D eigenvalue weighted by Crippen LogP contribution is -2.20.